The van der Waals surface area contributed by atoms with Crippen molar-refractivity contribution in [2.45, 2.75) is 76.4 Å². The van der Waals surface area contributed by atoms with Crippen molar-refractivity contribution in [3.05, 3.63) is 23.8 Å². The zero-order valence-corrected chi connectivity index (χ0v) is 15.0. The van der Waals surface area contributed by atoms with Gasteiger partial charge in [0.1, 0.15) is 0 Å². The molecule has 0 aliphatic heterocycles. The summed E-state index contributed by atoms with van der Waals surface area (Å²) in [6.45, 7) is 0. The Bertz CT molecular complexity index is 518. The lowest BCUT2D eigenvalue weighted by atomic mass is 9.89. The molecule has 3 N–H and O–H groups in total. The van der Waals surface area contributed by atoms with Crippen molar-refractivity contribution in [3.8, 4) is 0 Å². The van der Waals surface area contributed by atoms with Crippen molar-refractivity contribution in [1.29, 1.82) is 0 Å². The van der Waals surface area contributed by atoms with Crippen LogP contribution in [-0.2, 0) is 4.79 Å². The number of allylic oxidation sites excluding steroid dienone is 2. The fourth-order valence-electron chi connectivity index (χ4n) is 5.20. The van der Waals surface area contributed by atoms with E-state index in [0.717, 1.165) is 38.5 Å². The number of aliphatic hydroxyl groups excluding tert-OH is 2. The molecule has 0 saturated heterocycles. The van der Waals surface area contributed by atoms with Gasteiger partial charge in [0.05, 0.1) is 12.2 Å². The zero-order valence-electron chi connectivity index (χ0n) is 15.0. The SMILES string of the molecule is O=C(O)CCC/C=C1/C[C@H]2C[C@@H](O)[C@H](C=C[C@@H](O)C3CCCC3)[C@H]2C1. The number of fused-ring (bicyclic) bond motifs is 1. The van der Waals surface area contributed by atoms with Crippen molar-refractivity contribution in [3.63, 3.8) is 0 Å². The lowest BCUT2D eigenvalue weighted by Crippen LogP contribution is -2.19. The standard InChI is InChI=1S/C21H32O4/c22-19(15-6-2-3-7-15)10-9-17-18-12-14(5-1-4-8-21(24)25)11-16(18)13-20(17)23/h5,9-10,15-20,22-23H,1-4,6-8,11-13H2,(H,24,25)/b10-9?,14-5-/t16-,17+,18-,19+,20+/m0/s1. The number of rotatable bonds is 7. The van der Waals surface area contributed by atoms with Crippen molar-refractivity contribution < 1.29 is 20.1 Å². The van der Waals surface area contributed by atoms with Crippen molar-refractivity contribution in [2.75, 3.05) is 0 Å². The van der Waals surface area contributed by atoms with Crippen LogP contribution >= 0.6 is 0 Å². The van der Waals surface area contributed by atoms with Gasteiger partial charge in [-0.25, -0.2) is 0 Å². The summed E-state index contributed by atoms with van der Waals surface area (Å²) in [5.41, 5.74) is 1.43. The van der Waals surface area contributed by atoms with E-state index < -0.39 is 5.97 Å². The van der Waals surface area contributed by atoms with Gasteiger partial charge in [0, 0.05) is 12.3 Å². The number of unbranched alkanes of at least 4 members (excludes halogenated alkanes) is 1. The van der Waals surface area contributed by atoms with Gasteiger partial charge in [-0.2, -0.15) is 0 Å². The molecule has 0 heterocycles. The van der Waals surface area contributed by atoms with Gasteiger partial charge < -0.3 is 15.3 Å². The van der Waals surface area contributed by atoms with Crippen LogP contribution in [0.3, 0.4) is 0 Å². The fraction of sp³-hybridized carbons (Fsp3) is 0.762. The highest BCUT2D eigenvalue weighted by molar-refractivity contribution is 5.66. The molecule has 140 valence electrons. The number of aliphatic hydroxyl groups is 2. The van der Waals surface area contributed by atoms with E-state index >= 15 is 0 Å². The Morgan fingerprint density at radius 2 is 2.00 bits per heavy atom. The summed E-state index contributed by atoms with van der Waals surface area (Å²) in [5.74, 6) is 0.854. The number of carboxylic acids is 1. The predicted molar refractivity (Wildman–Crippen MR) is 97.0 cm³/mol. The molecule has 0 spiro atoms. The maximum absolute atomic E-state index is 10.6. The van der Waals surface area contributed by atoms with Crippen LogP contribution < -0.4 is 0 Å². The molecule has 4 heteroatoms. The molecule has 3 rings (SSSR count). The van der Waals surface area contributed by atoms with E-state index in [0.29, 0.717) is 24.2 Å². The van der Waals surface area contributed by atoms with Gasteiger partial charge in [0.2, 0.25) is 0 Å². The Morgan fingerprint density at radius 3 is 2.72 bits per heavy atom. The van der Waals surface area contributed by atoms with E-state index in [1.165, 1.54) is 18.4 Å². The topological polar surface area (TPSA) is 77.8 Å². The second kappa shape index (κ2) is 8.50. The molecule has 0 bridgehead atoms. The van der Waals surface area contributed by atoms with Crippen molar-refractivity contribution >= 4 is 5.97 Å². The highest BCUT2D eigenvalue weighted by Crippen LogP contribution is 2.50. The maximum Gasteiger partial charge on any atom is 0.303 e. The van der Waals surface area contributed by atoms with Gasteiger partial charge in [0.15, 0.2) is 0 Å². The second-order valence-corrected chi connectivity index (χ2v) is 8.28. The molecule has 0 radical (unpaired) electrons. The smallest absolute Gasteiger partial charge is 0.303 e. The predicted octanol–water partition coefficient (Wildman–Crippen LogP) is 3.68. The number of hydrogen-bond acceptors (Lipinski definition) is 3. The van der Waals surface area contributed by atoms with Gasteiger partial charge >= 0.3 is 5.97 Å². The van der Waals surface area contributed by atoms with Crippen molar-refractivity contribution in [1.82, 2.24) is 0 Å². The number of aliphatic carboxylic acids is 1. The number of carbonyl (C=O) groups is 1. The number of carboxylic acid groups (broad SMARTS) is 1. The van der Waals surface area contributed by atoms with Crippen LogP contribution in [0.4, 0.5) is 0 Å². The Balaban J connectivity index is 1.53. The van der Waals surface area contributed by atoms with Gasteiger partial charge in [-0.1, -0.05) is 36.6 Å². The average Bonchev–Trinajstić information content (AvgIpc) is 3.26. The van der Waals surface area contributed by atoms with Gasteiger partial charge in [-0.15, -0.1) is 0 Å². The first-order valence-electron chi connectivity index (χ1n) is 9.98. The van der Waals surface area contributed by atoms with E-state index in [2.05, 4.69) is 12.2 Å². The second-order valence-electron chi connectivity index (χ2n) is 8.28. The van der Waals surface area contributed by atoms with Crippen molar-refractivity contribution in [2.24, 2.45) is 23.7 Å². The number of hydrogen-bond donors (Lipinski definition) is 3. The lowest BCUT2D eigenvalue weighted by molar-refractivity contribution is -0.137. The normalized spacial score (nSPS) is 35.7. The first-order valence-corrected chi connectivity index (χ1v) is 9.98. The summed E-state index contributed by atoms with van der Waals surface area (Å²) in [7, 11) is 0. The van der Waals surface area contributed by atoms with E-state index in [-0.39, 0.29) is 24.5 Å². The van der Waals surface area contributed by atoms with E-state index in [4.69, 9.17) is 5.11 Å². The minimum atomic E-state index is -0.726. The quantitative estimate of drug-likeness (QED) is 0.484. The molecule has 3 aliphatic rings. The summed E-state index contributed by atoms with van der Waals surface area (Å²) < 4.78 is 0. The molecule has 0 aromatic carbocycles. The largest absolute Gasteiger partial charge is 0.481 e. The summed E-state index contributed by atoms with van der Waals surface area (Å²) >= 11 is 0. The van der Waals surface area contributed by atoms with E-state index in [9.17, 15) is 15.0 Å². The van der Waals surface area contributed by atoms with E-state index in [1.54, 1.807) is 0 Å². The van der Waals surface area contributed by atoms with Gasteiger partial charge in [-0.05, 0) is 62.7 Å². The minimum Gasteiger partial charge on any atom is -0.481 e. The monoisotopic (exact) mass is 348 g/mol. The molecule has 0 amide bonds. The molecule has 0 aromatic rings. The van der Waals surface area contributed by atoms with Crippen LogP contribution in [0.2, 0.25) is 0 Å². The Labute approximate surface area is 150 Å². The van der Waals surface area contributed by atoms with Crippen LogP contribution in [-0.4, -0.2) is 33.5 Å². The highest BCUT2D eigenvalue weighted by Gasteiger charge is 2.45. The maximum atomic E-state index is 10.6. The summed E-state index contributed by atoms with van der Waals surface area (Å²) in [6.07, 6.45) is 15.0. The minimum absolute atomic E-state index is 0.158. The molecule has 3 saturated carbocycles. The van der Waals surface area contributed by atoms with Gasteiger partial charge in [-0.3, -0.25) is 4.79 Å². The van der Waals surface area contributed by atoms with E-state index in [1.807, 2.05) is 6.08 Å². The summed E-state index contributed by atoms with van der Waals surface area (Å²) in [5, 5.41) is 29.5. The Hall–Kier alpha value is -1.13. The van der Waals surface area contributed by atoms with Crippen LogP contribution in [0.15, 0.2) is 23.8 Å². The highest BCUT2D eigenvalue weighted by atomic mass is 16.4. The molecule has 0 aromatic heterocycles. The average molecular weight is 348 g/mol. The Kier molecular flexibility index (Phi) is 6.34. The third kappa shape index (κ3) is 4.73. The van der Waals surface area contributed by atoms with Crippen LogP contribution in [0.25, 0.3) is 0 Å². The van der Waals surface area contributed by atoms with Crippen LogP contribution in [0.1, 0.15) is 64.2 Å². The summed E-state index contributed by atoms with van der Waals surface area (Å²) in [6, 6.07) is 0. The molecule has 0 unspecified atom stereocenters. The third-order valence-corrected chi connectivity index (χ3v) is 6.55. The third-order valence-electron chi connectivity index (χ3n) is 6.55. The lowest BCUT2D eigenvalue weighted by Gasteiger charge is -2.19. The zero-order chi connectivity index (χ0) is 17.8. The Morgan fingerprint density at radius 1 is 1.24 bits per heavy atom. The molecule has 3 fully saturated rings. The summed E-state index contributed by atoms with van der Waals surface area (Å²) in [4.78, 5) is 10.6. The molecule has 25 heavy (non-hydrogen) atoms. The molecular formula is C21H32O4. The van der Waals surface area contributed by atoms with Crippen LogP contribution in [0, 0.1) is 23.7 Å². The first kappa shape index (κ1) is 18.7. The van der Waals surface area contributed by atoms with Crippen LogP contribution in [0.5, 0.6) is 0 Å². The molecule has 5 atom stereocenters. The molecular weight excluding hydrogens is 316 g/mol. The first-order chi connectivity index (χ1) is 12.0. The molecule has 3 aliphatic carbocycles. The molecule has 4 nitrogen and oxygen atoms in total. The van der Waals surface area contributed by atoms with Gasteiger partial charge in [0.25, 0.3) is 0 Å². The fourth-order valence-corrected chi connectivity index (χ4v) is 5.20.